The van der Waals surface area contributed by atoms with E-state index in [4.69, 9.17) is 70.2 Å². The van der Waals surface area contributed by atoms with Gasteiger partial charge in [0.15, 0.2) is 46.6 Å². The molecule has 0 saturated carbocycles. The zero-order valence-electron chi connectivity index (χ0n) is 68.3. The fraction of sp³-hybridized carbons (Fsp3) is 0. The molecular formula is C109H63Cl4N13O2S2. The van der Waals surface area contributed by atoms with Gasteiger partial charge in [-0.05, 0) is 182 Å². The van der Waals surface area contributed by atoms with Crippen molar-refractivity contribution in [3.63, 3.8) is 0 Å². The van der Waals surface area contributed by atoms with Crippen LogP contribution in [0.4, 0.5) is 0 Å². The minimum Gasteiger partial charge on any atom is -0.456 e. The highest BCUT2D eigenvalue weighted by Gasteiger charge is 2.22. The summed E-state index contributed by atoms with van der Waals surface area (Å²) in [5.74, 6) is 4.34. The minimum absolute atomic E-state index is 0.153. The molecule has 0 amide bonds. The summed E-state index contributed by atoms with van der Waals surface area (Å²) in [5, 5.41) is 14.2. The molecule has 0 saturated heterocycles. The van der Waals surface area contributed by atoms with Gasteiger partial charge in [-0.2, -0.15) is 39.9 Å². The number of pyridine rings is 1. The lowest BCUT2D eigenvalue weighted by Gasteiger charge is -2.12. The smallest absolute Gasteiger partial charge is 0.226 e. The number of benzene rings is 16. The number of hydrogen-bond acceptors (Lipinski definition) is 17. The maximum absolute atomic E-state index is 6.46. The van der Waals surface area contributed by atoms with E-state index >= 15 is 0 Å². The summed E-state index contributed by atoms with van der Waals surface area (Å²) >= 11 is 28.9. The Morgan fingerprint density at radius 3 is 1.16 bits per heavy atom. The number of hydrogen-bond donors (Lipinski definition) is 0. The molecule has 9 aromatic heterocycles. The van der Waals surface area contributed by atoms with E-state index in [1.165, 1.54) is 51.5 Å². The quantitative estimate of drug-likeness (QED) is 0.119. The molecule has 9 heterocycles. The lowest BCUT2D eigenvalue weighted by Crippen LogP contribution is -1.98. The minimum atomic E-state index is 0.153. The molecule has 0 spiro atoms. The van der Waals surface area contributed by atoms with Gasteiger partial charge in [-0.15, -0.1) is 22.7 Å². The second kappa shape index (κ2) is 35.0. The number of furan rings is 2. The first kappa shape index (κ1) is 80.3. The maximum atomic E-state index is 6.46. The van der Waals surface area contributed by atoms with Gasteiger partial charge in [0.25, 0.3) is 0 Å². The van der Waals surface area contributed by atoms with Crippen molar-refractivity contribution < 1.29 is 8.83 Å². The molecule has 16 aromatic carbocycles. The van der Waals surface area contributed by atoms with Crippen LogP contribution in [0.5, 0.6) is 0 Å². The third-order valence-electron chi connectivity index (χ3n) is 22.6. The average molecular weight is 1790 g/mol. The zero-order valence-corrected chi connectivity index (χ0v) is 73.0. The Balaban J connectivity index is 0.000000102. The summed E-state index contributed by atoms with van der Waals surface area (Å²) in [4.78, 5) is 59.0. The van der Waals surface area contributed by atoms with Gasteiger partial charge in [0, 0.05) is 124 Å². The Kier molecular flexibility index (Phi) is 21.6. The standard InChI is InChI=1S/C31H18ClN3S.C30H17ClN4S.C27H16ClN3O.C21H12ClN3O/c32-31-34-29(20-14-17-28-26(18-20)24-12-6-7-13-27(24)36-28)33-30(35-31)25-16-15-21(19-8-2-1-3-9-19)22-10-4-5-11-23(22)25;31-30-34-28(20-11-9-19(10-12-20)27-22-6-2-1-5-18(22)15-16-32-27)33-29(35-30)21-13-14-26-24(17-21)23-7-3-4-8-25(23)36-26;28-27-30-25(19-11-6-10-18(16-19)17-8-2-1-3-9-17)29-26(31-27)21-13-7-15-23-24(21)20-12-4-5-14-22(20)32-23;22-21-24-19(13-6-2-1-3-7-13)23-20(25-21)14-10-11-16-15-8-4-5-9-17(15)26-18(16)12-14/h1-18H;1-17H;1-16H;1-12H. The van der Waals surface area contributed by atoms with Gasteiger partial charge in [-0.1, -0.05) is 279 Å². The molecule has 0 aliphatic carbocycles. The SMILES string of the molecule is Clc1nc(-c2ccc(-c3nccc4ccccc34)cc2)nc(-c2ccc3sc4ccccc4c3c2)n1.Clc1nc(-c2ccc3sc4ccccc4c3c2)nc(-c2ccc(-c3ccccc3)c3ccccc23)n1.Clc1nc(-c2cccc(-c3ccccc3)c2)nc(-c2cccc3oc4ccccc4c23)n1.Clc1nc(-c2ccccc2)nc(-c2ccc3c(c2)oc2ccccc23)n1. The Hall–Kier alpha value is -15.6. The fourth-order valence-corrected chi connectivity index (χ4v) is 19.3. The second-order valence-corrected chi connectivity index (χ2v) is 34.1. The van der Waals surface area contributed by atoms with E-state index in [9.17, 15) is 0 Å². The Morgan fingerprint density at radius 2 is 0.562 bits per heavy atom. The van der Waals surface area contributed by atoms with E-state index < -0.39 is 0 Å². The van der Waals surface area contributed by atoms with Crippen LogP contribution < -0.4 is 0 Å². The molecule has 25 rings (SSSR count). The number of fused-ring (bicyclic) bond motifs is 14. The van der Waals surface area contributed by atoms with E-state index in [0.29, 0.717) is 46.6 Å². The van der Waals surface area contributed by atoms with Crippen LogP contribution in [0.2, 0.25) is 21.1 Å². The summed E-state index contributed by atoms with van der Waals surface area (Å²) in [7, 11) is 0. The third-order valence-corrected chi connectivity index (χ3v) is 25.6. The summed E-state index contributed by atoms with van der Waals surface area (Å²) in [5.41, 5.74) is 16.9. The monoisotopic (exact) mass is 1790 g/mol. The number of halogens is 4. The number of rotatable bonds is 11. The van der Waals surface area contributed by atoms with Crippen LogP contribution >= 0.6 is 69.1 Å². The Labute approximate surface area is 770 Å². The molecule has 616 valence electrons. The maximum Gasteiger partial charge on any atom is 0.226 e. The topological polar surface area (TPSA) is 194 Å². The van der Waals surface area contributed by atoms with Gasteiger partial charge in [-0.3, -0.25) is 4.98 Å². The van der Waals surface area contributed by atoms with Gasteiger partial charge in [-0.25, -0.2) is 19.9 Å². The van der Waals surface area contributed by atoms with E-state index in [0.717, 1.165) is 132 Å². The molecule has 130 heavy (non-hydrogen) atoms. The first-order valence-corrected chi connectivity index (χ1v) is 44.7. The van der Waals surface area contributed by atoms with E-state index in [1.54, 1.807) is 22.7 Å². The molecule has 0 atom stereocenters. The predicted octanol–water partition coefficient (Wildman–Crippen LogP) is 30.7. The van der Waals surface area contributed by atoms with Gasteiger partial charge in [0.05, 0.1) is 5.69 Å². The molecule has 0 unspecified atom stereocenters. The molecule has 0 fully saturated rings. The van der Waals surface area contributed by atoms with E-state index in [2.05, 4.69) is 220 Å². The molecule has 15 nitrogen and oxygen atoms in total. The molecule has 0 aliphatic rings. The summed E-state index contributed by atoms with van der Waals surface area (Å²) in [6.07, 6.45) is 1.84. The van der Waals surface area contributed by atoms with Crippen LogP contribution in [0.15, 0.2) is 391 Å². The number of para-hydroxylation sites is 2. The van der Waals surface area contributed by atoms with E-state index in [-0.39, 0.29) is 21.1 Å². The van der Waals surface area contributed by atoms with Gasteiger partial charge in [0.2, 0.25) is 21.1 Å². The van der Waals surface area contributed by atoms with Crippen LogP contribution in [0.1, 0.15) is 0 Å². The fourth-order valence-electron chi connectivity index (χ4n) is 16.5. The first-order chi connectivity index (χ1) is 64.0. The van der Waals surface area contributed by atoms with E-state index in [1.807, 2.05) is 212 Å². The van der Waals surface area contributed by atoms with Crippen LogP contribution in [-0.4, -0.2) is 64.8 Å². The molecule has 0 N–H and O–H groups in total. The largest absolute Gasteiger partial charge is 0.456 e. The highest BCUT2D eigenvalue weighted by Crippen LogP contribution is 2.43. The summed E-state index contributed by atoms with van der Waals surface area (Å²) in [6.45, 7) is 0. The molecule has 0 bridgehead atoms. The van der Waals surface area contributed by atoms with Gasteiger partial charge >= 0.3 is 0 Å². The van der Waals surface area contributed by atoms with Crippen molar-refractivity contribution in [2.45, 2.75) is 0 Å². The summed E-state index contributed by atoms with van der Waals surface area (Å²) in [6, 6.07) is 127. The van der Waals surface area contributed by atoms with Gasteiger partial charge < -0.3 is 8.83 Å². The first-order valence-electron chi connectivity index (χ1n) is 41.6. The van der Waals surface area contributed by atoms with Crippen LogP contribution in [0.25, 0.3) is 230 Å². The molecule has 25 aromatic rings. The zero-order chi connectivity index (χ0) is 87.1. The van der Waals surface area contributed by atoms with Crippen LogP contribution in [0.3, 0.4) is 0 Å². The lowest BCUT2D eigenvalue weighted by atomic mass is 9.95. The second-order valence-electron chi connectivity index (χ2n) is 30.6. The van der Waals surface area contributed by atoms with Crippen LogP contribution in [-0.2, 0) is 0 Å². The third kappa shape index (κ3) is 16.1. The predicted molar refractivity (Wildman–Crippen MR) is 532 cm³/mol. The van der Waals surface area contributed by atoms with Crippen molar-refractivity contribution in [2.75, 3.05) is 0 Å². The average Bonchev–Trinajstić information content (AvgIpc) is 1.45. The van der Waals surface area contributed by atoms with Crippen molar-refractivity contribution in [1.82, 2.24) is 64.8 Å². The van der Waals surface area contributed by atoms with Crippen molar-refractivity contribution >= 4 is 175 Å². The molecular weight excluding hydrogens is 1730 g/mol. The normalized spacial score (nSPS) is 11.4. The van der Waals surface area contributed by atoms with Crippen molar-refractivity contribution in [2.24, 2.45) is 0 Å². The lowest BCUT2D eigenvalue weighted by molar-refractivity contribution is 0.668. The van der Waals surface area contributed by atoms with Crippen molar-refractivity contribution in [3.05, 3.63) is 403 Å². The van der Waals surface area contributed by atoms with Gasteiger partial charge in [0.1, 0.15) is 22.3 Å². The number of aromatic nitrogens is 13. The molecule has 21 heteroatoms. The number of nitrogens with zero attached hydrogens (tertiary/aromatic N) is 13. The summed E-state index contributed by atoms with van der Waals surface area (Å²) < 4.78 is 17.0. The van der Waals surface area contributed by atoms with Crippen molar-refractivity contribution in [1.29, 1.82) is 0 Å². The number of thiophene rings is 2. The molecule has 0 aliphatic heterocycles. The Morgan fingerprint density at radius 1 is 0.192 bits per heavy atom. The highest BCUT2D eigenvalue weighted by atomic mass is 35.5. The van der Waals surface area contributed by atoms with Crippen LogP contribution in [0, 0.1) is 0 Å². The van der Waals surface area contributed by atoms with Crippen molar-refractivity contribution in [3.8, 4) is 125 Å². The Bertz CT molecular complexity index is 8660. The highest BCUT2D eigenvalue weighted by molar-refractivity contribution is 7.26. The molecule has 0 radical (unpaired) electrons.